The molecule has 202 valence electrons. The minimum absolute atomic E-state index is 0.229. The summed E-state index contributed by atoms with van der Waals surface area (Å²) in [5, 5.41) is 0.661. The Morgan fingerprint density at radius 3 is 2.68 bits per heavy atom. The third kappa shape index (κ3) is 5.71. The van der Waals surface area contributed by atoms with Crippen molar-refractivity contribution in [3.63, 3.8) is 0 Å². The van der Waals surface area contributed by atoms with Gasteiger partial charge in [-0.1, -0.05) is 36.2 Å². The molecule has 2 aliphatic heterocycles. The van der Waals surface area contributed by atoms with Gasteiger partial charge in [-0.3, -0.25) is 20.0 Å². The zero-order valence-corrected chi connectivity index (χ0v) is 22.9. The molecular formula is C28H37ClN8O. The summed E-state index contributed by atoms with van der Waals surface area (Å²) >= 11 is 6.69. The molecule has 10 heteroatoms. The van der Waals surface area contributed by atoms with Gasteiger partial charge in [-0.2, -0.15) is 0 Å². The molecule has 1 amide bonds. The lowest BCUT2D eigenvalue weighted by Gasteiger charge is -2.47. The lowest BCUT2D eigenvalue weighted by atomic mass is 9.97. The molecule has 2 saturated heterocycles. The number of aryl methyl sites for hydroxylation is 1. The average Bonchev–Trinajstić information content (AvgIpc) is 3.49. The van der Waals surface area contributed by atoms with Crippen molar-refractivity contribution in [3.05, 3.63) is 64.6 Å². The molecule has 0 radical (unpaired) electrons. The second-order valence-electron chi connectivity index (χ2n) is 10.4. The number of aromatic amines is 1. The highest BCUT2D eigenvalue weighted by atomic mass is 35.5. The van der Waals surface area contributed by atoms with E-state index in [1.807, 2.05) is 25.3 Å². The largest absolute Gasteiger partial charge is 0.353 e. The van der Waals surface area contributed by atoms with Crippen LogP contribution in [0.3, 0.4) is 0 Å². The summed E-state index contributed by atoms with van der Waals surface area (Å²) in [6.45, 7) is 9.88. The number of H-pyrrole nitrogens is 1. The number of benzene rings is 1. The zero-order chi connectivity index (χ0) is 26.6. The van der Waals surface area contributed by atoms with E-state index < -0.39 is 0 Å². The van der Waals surface area contributed by atoms with Crippen molar-refractivity contribution in [3.8, 4) is 11.4 Å². The molecule has 1 unspecified atom stereocenters. The van der Waals surface area contributed by atoms with Crippen LogP contribution in [0.5, 0.6) is 0 Å². The predicted molar refractivity (Wildman–Crippen MR) is 151 cm³/mol. The number of rotatable bonds is 7. The van der Waals surface area contributed by atoms with Gasteiger partial charge in [-0.15, -0.1) is 0 Å². The number of nitrogens with zero attached hydrogens (tertiary/aromatic N) is 5. The Balaban J connectivity index is 1.19. The lowest BCUT2D eigenvalue weighted by Crippen LogP contribution is -2.58. The van der Waals surface area contributed by atoms with E-state index in [-0.39, 0.29) is 5.91 Å². The highest BCUT2D eigenvalue weighted by Crippen LogP contribution is 2.31. The van der Waals surface area contributed by atoms with E-state index in [4.69, 9.17) is 22.4 Å². The lowest BCUT2D eigenvalue weighted by molar-refractivity contribution is 0.0609. The molecule has 1 atom stereocenters. The molecule has 4 heterocycles. The monoisotopic (exact) mass is 536 g/mol. The number of hydrazine groups is 1. The quantitative estimate of drug-likeness (QED) is 0.240. The van der Waals surface area contributed by atoms with Crippen molar-refractivity contribution in [2.45, 2.75) is 51.7 Å². The predicted octanol–water partition coefficient (Wildman–Crippen LogP) is 3.60. The van der Waals surface area contributed by atoms with Gasteiger partial charge in [0, 0.05) is 68.0 Å². The highest BCUT2D eigenvalue weighted by molar-refractivity contribution is 6.33. The molecule has 2 aliphatic rings. The maximum Gasteiger partial charge on any atom is 0.265 e. The Labute approximate surface area is 229 Å². The number of imidazole rings is 1. The fourth-order valence-corrected chi connectivity index (χ4v) is 6.18. The van der Waals surface area contributed by atoms with Crippen molar-refractivity contribution in [2.24, 2.45) is 5.84 Å². The summed E-state index contributed by atoms with van der Waals surface area (Å²) in [5.74, 6) is 6.82. The SMILES string of the molecule is CCC1CN(c2ncc(-c3ncc[nH]3)cc2Cl)CCN1C1CCN(Cc2ccc(C)cc2C(=O)NN)CC1. The molecule has 38 heavy (non-hydrogen) atoms. The molecule has 4 N–H and O–H groups in total. The normalized spacial score (nSPS) is 19.6. The summed E-state index contributed by atoms with van der Waals surface area (Å²) in [7, 11) is 0. The van der Waals surface area contributed by atoms with Crippen LogP contribution >= 0.6 is 11.6 Å². The molecule has 0 aliphatic carbocycles. The Morgan fingerprint density at radius 2 is 2.00 bits per heavy atom. The van der Waals surface area contributed by atoms with Gasteiger partial charge in [0.1, 0.15) is 11.6 Å². The Kier molecular flexibility index (Phi) is 8.28. The number of likely N-dealkylation sites (tertiary alicyclic amines) is 1. The molecule has 3 aromatic rings. The molecule has 2 aromatic heterocycles. The first kappa shape index (κ1) is 26.6. The number of nitrogen functional groups attached to an aromatic ring is 1. The van der Waals surface area contributed by atoms with E-state index in [2.05, 4.69) is 49.1 Å². The van der Waals surface area contributed by atoms with Crippen LogP contribution in [0, 0.1) is 6.92 Å². The molecule has 1 aromatic carbocycles. The number of pyridine rings is 1. The molecular weight excluding hydrogens is 500 g/mol. The van der Waals surface area contributed by atoms with Crippen molar-refractivity contribution in [1.82, 2.24) is 30.2 Å². The Hall–Kier alpha value is -2.98. The molecule has 2 fully saturated rings. The molecule has 0 saturated carbocycles. The summed E-state index contributed by atoms with van der Waals surface area (Å²) in [6.07, 6.45) is 8.70. The molecule has 9 nitrogen and oxygen atoms in total. The summed E-state index contributed by atoms with van der Waals surface area (Å²) < 4.78 is 0. The first-order chi connectivity index (χ1) is 18.5. The molecule has 5 rings (SSSR count). The van der Waals surface area contributed by atoms with Gasteiger partial charge in [-0.25, -0.2) is 15.8 Å². The first-order valence-electron chi connectivity index (χ1n) is 13.5. The second kappa shape index (κ2) is 11.8. The number of carbonyl (C=O) groups is 1. The second-order valence-corrected chi connectivity index (χ2v) is 10.8. The van der Waals surface area contributed by atoms with E-state index in [9.17, 15) is 4.79 Å². The van der Waals surface area contributed by atoms with Gasteiger partial charge < -0.3 is 9.88 Å². The van der Waals surface area contributed by atoms with Gasteiger partial charge in [0.2, 0.25) is 0 Å². The van der Waals surface area contributed by atoms with E-state index in [0.29, 0.717) is 22.7 Å². The number of anilines is 1. The standard InChI is InChI=1S/C28H37ClN8O/c1-3-22-18-36(27-25(29)15-21(16-33-27)26-31-8-9-32-26)12-13-37(22)23-6-10-35(11-7-23)17-20-5-4-19(2)14-24(20)28(38)34-30/h4-5,8-9,14-16,22-23H,3,6-7,10-13,17-18,30H2,1-2H3,(H,31,32)(H,34,38). The minimum atomic E-state index is -0.229. The molecule has 0 bridgehead atoms. The number of nitrogens with one attached hydrogen (secondary N) is 2. The number of piperidine rings is 1. The number of hydrogen-bond acceptors (Lipinski definition) is 7. The highest BCUT2D eigenvalue weighted by Gasteiger charge is 2.34. The number of amides is 1. The average molecular weight is 537 g/mol. The number of nitrogens with two attached hydrogens (primary N) is 1. The summed E-state index contributed by atoms with van der Waals surface area (Å²) in [6, 6.07) is 9.00. The first-order valence-corrected chi connectivity index (χ1v) is 13.8. The zero-order valence-electron chi connectivity index (χ0n) is 22.2. The van der Waals surface area contributed by atoms with Crippen LogP contribution in [-0.4, -0.2) is 75.5 Å². The van der Waals surface area contributed by atoms with Crippen molar-refractivity contribution in [1.29, 1.82) is 0 Å². The minimum Gasteiger partial charge on any atom is -0.353 e. The van der Waals surface area contributed by atoms with Crippen LogP contribution in [-0.2, 0) is 6.54 Å². The van der Waals surface area contributed by atoms with Gasteiger partial charge in [0.15, 0.2) is 0 Å². The van der Waals surface area contributed by atoms with Gasteiger partial charge in [0.25, 0.3) is 5.91 Å². The maximum absolute atomic E-state index is 12.3. The Bertz CT molecular complexity index is 1240. The van der Waals surface area contributed by atoms with E-state index >= 15 is 0 Å². The number of aromatic nitrogens is 3. The summed E-state index contributed by atoms with van der Waals surface area (Å²) in [4.78, 5) is 31.9. The third-order valence-corrected chi connectivity index (χ3v) is 8.23. The summed E-state index contributed by atoms with van der Waals surface area (Å²) in [5.41, 5.74) is 5.93. The number of halogens is 1. The van der Waals surface area contributed by atoms with Crippen LogP contribution in [0.4, 0.5) is 5.82 Å². The number of hydrogen-bond donors (Lipinski definition) is 3. The molecule has 0 spiro atoms. The smallest absolute Gasteiger partial charge is 0.265 e. The van der Waals surface area contributed by atoms with Gasteiger partial charge in [0.05, 0.1) is 5.02 Å². The van der Waals surface area contributed by atoms with Crippen molar-refractivity contribution < 1.29 is 4.79 Å². The number of carbonyl (C=O) groups excluding carboxylic acids is 1. The van der Waals surface area contributed by atoms with Crippen molar-refractivity contribution >= 4 is 23.3 Å². The fourth-order valence-electron chi connectivity index (χ4n) is 5.89. The third-order valence-electron chi connectivity index (χ3n) is 7.95. The van der Waals surface area contributed by atoms with E-state index in [1.165, 1.54) is 0 Å². The Morgan fingerprint density at radius 1 is 1.18 bits per heavy atom. The number of piperazine rings is 1. The van der Waals surface area contributed by atoms with Crippen LogP contribution in [0.2, 0.25) is 5.02 Å². The van der Waals surface area contributed by atoms with Crippen LogP contribution < -0.4 is 16.2 Å². The van der Waals surface area contributed by atoms with Gasteiger partial charge in [-0.05, 0) is 57.0 Å². The fraction of sp³-hybridized carbons (Fsp3) is 0.464. The van der Waals surface area contributed by atoms with Crippen molar-refractivity contribution in [2.75, 3.05) is 37.6 Å². The topological polar surface area (TPSA) is 106 Å². The van der Waals surface area contributed by atoms with E-state index in [0.717, 1.165) is 86.9 Å². The van der Waals surface area contributed by atoms with Crippen LogP contribution in [0.15, 0.2) is 42.9 Å². The maximum atomic E-state index is 12.3. The van der Waals surface area contributed by atoms with E-state index in [1.54, 1.807) is 12.4 Å². The van der Waals surface area contributed by atoms with Crippen LogP contribution in [0.25, 0.3) is 11.4 Å². The van der Waals surface area contributed by atoms with Gasteiger partial charge >= 0.3 is 0 Å². The van der Waals surface area contributed by atoms with Crippen LogP contribution in [0.1, 0.15) is 47.7 Å².